The Morgan fingerprint density at radius 3 is 2.87 bits per heavy atom. The fourth-order valence-corrected chi connectivity index (χ4v) is 5.36. The molecule has 3 aromatic rings. The van der Waals surface area contributed by atoms with E-state index < -0.39 is 0 Å². The van der Waals surface area contributed by atoms with Crippen molar-refractivity contribution in [1.29, 1.82) is 5.26 Å². The Morgan fingerprint density at radius 1 is 1.23 bits per heavy atom. The van der Waals surface area contributed by atoms with Crippen LogP contribution in [0.2, 0.25) is 0 Å². The van der Waals surface area contributed by atoms with Gasteiger partial charge in [0, 0.05) is 48.8 Å². The van der Waals surface area contributed by atoms with Crippen LogP contribution in [-0.4, -0.2) is 48.6 Å². The summed E-state index contributed by atoms with van der Waals surface area (Å²) in [6.45, 7) is 8.29. The molecule has 2 N–H and O–H groups in total. The van der Waals surface area contributed by atoms with Crippen molar-refractivity contribution in [3.8, 4) is 6.07 Å². The number of likely N-dealkylation sites (tertiary alicyclic amines) is 1. The van der Waals surface area contributed by atoms with Crippen LogP contribution < -0.4 is 10.6 Å². The topological polar surface area (TPSA) is 90.3 Å². The molecule has 0 saturated carbocycles. The molecule has 1 atom stereocenters. The van der Waals surface area contributed by atoms with Gasteiger partial charge in [0.2, 0.25) is 5.91 Å². The molecule has 0 radical (unpaired) electrons. The van der Waals surface area contributed by atoms with Crippen molar-refractivity contribution < 1.29 is 9.53 Å². The fraction of sp³-hybridized carbons (Fsp3) is 0.344. The zero-order chi connectivity index (χ0) is 27.0. The summed E-state index contributed by atoms with van der Waals surface area (Å²) in [5.74, 6) is 0.234. The Hall–Kier alpha value is -3.99. The van der Waals surface area contributed by atoms with Gasteiger partial charge in [0.1, 0.15) is 6.07 Å². The van der Waals surface area contributed by atoms with Crippen LogP contribution in [0.4, 0.5) is 17.1 Å². The number of carbonyl (C=O) groups excluding carboxylic acids is 1. The van der Waals surface area contributed by atoms with E-state index in [-0.39, 0.29) is 5.91 Å². The van der Waals surface area contributed by atoms with E-state index in [9.17, 15) is 10.1 Å². The van der Waals surface area contributed by atoms with Gasteiger partial charge in [0.25, 0.3) is 0 Å². The minimum atomic E-state index is -0.159. The standard InChI is InChI=1S/C32H35N5O2/c1-2-23-8-6-9-27(17-23)35-32-26(20-33)21-34-30-18-25(16-24-11-15-39-22-24)29(19-28(30)32)36-31(38)10-7-14-37-12-4-3-5-13-37/h2,6-10,17-19,21,24H,1,3-5,11-16,22H2,(H,34,35)(H,36,38)/b10-7+/t24-/m1/s1. The molecule has 7 nitrogen and oxygen atoms in total. The Kier molecular flexibility index (Phi) is 8.67. The van der Waals surface area contributed by atoms with Crippen molar-refractivity contribution in [3.05, 3.63) is 78.0 Å². The van der Waals surface area contributed by atoms with Crippen molar-refractivity contribution in [3.63, 3.8) is 0 Å². The van der Waals surface area contributed by atoms with E-state index in [2.05, 4.69) is 33.2 Å². The number of rotatable bonds is 9. The highest BCUT2D eigenvalue weighted by molar-refractivity contribution is 6.04. The van der Waals surface area contributed by atoms with Crippen LogP contribution in [-0.2, 0) is 16.0 Å². The molecule has 2 aliphatic heterocycles. The SMILES string of the molecule is C=Cc1cccc(Nc2c(C#N)cnc3cc(C[C@H]4CCOC4)c(NC(=O)/C=C/CN4CCCCC4)cc23)c1. The molecule has 200 valence electrons. The third kappa shape index (κ3) is 6.72. The lowest BCUT2D eigenvalue weighted by atomic mass is 9.95. The van der Waals surface area contributed by atoms with E-state index in [1.807, 2.05) is 42.5 Å². The number of nitriles is 1. The zero-order valence-corrected chi connectivity index (χ0v) is 22.3. The van der Waals surface area contributed by atoms with E-state index in [1.54, 1.807) is 18.3 Å². The normalized spacial score (nSPS) is 17.8. The van der Waals surface area contributed by atoms with Crippen molar-refractivity contribution in [2.75, 3.05) is 43.5 Å². The van der Waals surface area contributed by atoms with E-state index in [0.717, 1.165) is 72.5 Å². The molecule has 3 heterocycles. The zero-order valence-electron chi connectivity index (χ0n) is 22.3. The molecule has 2 aliphatic rings. The van der Waals surface area contributed by atoms with Gasteiger partial charge in [-0.25, -0.2) is 0 Å². The molecule has 0 unspecified atom stereocenters. The minimum Gasteiger partial charge on any atom is -0.381 e. The summed E-state index contributed by atoms with van der Waals surface area (Å²) in [6, 6.07) is 14.1. The molecular weight excluding hydrogens is 486 g/mol. The first-order valence-electron chi connectivity index (χ1n) is 13.8. The van der Waals surface area contributed by atoms with E-state index in [0.29, 0.717) is 23.8 Å². The molecular formula is C32H35N5O2. The van der Waals surface area contributed by atoms with E-state index in [1.165, 1.54) is 19.3 Å². The maximum absolute atomic E-state index is 13.0. The smallest absolute Gasteiger partial charge is 0.248 e. The van der Waals surface area contributed by atoms with Crippen LogP contribution in [0.25, 0.3) is 17.0 Å². The van der Waals surface area contributed by atoms with Gasteiger partial charge in [-0.1, -0.05) is 37.3 Å². The molecule has 2 saturated heterocycles. The summed E-state index contributed by atoms with van der Waals surface area (Å²) in [4.78, 5) is 20.0. The molecule has 7 heteroatoms. The molecule has 0 spiro atoms. The summed E-state index contributed by atoms with van der Waals surface area (Å²) < 4.78 is 5.61. The lowest BCUT2D eigenvalue weighted by molar-refractivity contribution is -0.111. The Labute approximate surface area is 230 Å². The second-order valence-corrected chi connectivity index (χ2v) is 10.3. The average molecular weight is 522 g/mol. The number of ether oxygens (including phenoxy) is 1. The number of pyridine rings is 1. The monoisotopic (exact) mass is 521 g/mol. The molecule has 0 aliphatic carbocycles. The molecule has 39 heavy (non-hydrogen) atoms. The highest BCUT2D eigenvalue weighted by atomic mass is 16.5. The molecule has 2 fully saturated rings. The van der Waals surface area contributed by atoms with Gasteiger partial charge in [-0.3, -0.25) is 14.7 Å². The number of amides is 1. The Morgan fingerprint density at radius 2 is 2.10 bits per heavy atom. The molecule has 2 aromatic carbocycles. The number of nitrogens with zero attached hydrogens (tertiary/aromatic N) is 3. The van der Waals surface area contributed by atoms with Crippen molar-refractivity contribution in [2.24, 2.45) is 5.92 Å². The molecule has 1 aromatic heterocycles. The van der Waals surface area contributed by atoms with Crippen LogP contribution in [0.5, 0.6) is 0 Å². The number of aromatic nitrogens is 1. The predicted molar refractivity (Wildman–Crippen MR) is 157 cm³/mol. The first-order chi connectivity index (χ1) is 19.1. The Balaban J connectivity index is 1.47. The number of hydrogen-bond acceptors (Lipinski definition) is 6. The summed E-state index contributed by atoms with van der Waals surface area (Å²) in [5, 5.41) is 17.2. The van der Waals surface area contributed by atoms with Crippen LogP contribution >= 0.6 is 0 Å². The summed E-state index contributed by atoms with van der Waals surface area (Å²) in [6.07, 6.45) is 12.5. The van der Waals surface area contributed by atoms with Crippen molar-refractivity contribution in [1.82, 2.24) is 9.88 Å². The number of fused-ring (bicyclic) bond motifs is 1. The maximum atomic E-state index is 13.0. The van der Waals surface area contributed by atoms with Gasteiger partial charge >= 0.3 is 0 Å². The van der Waals surface area contributed by atoms with Gasteiger partial charge in [-0.05, 0) is 80.1 Å². The highest BCUT2D eigenvalue weighted by Crippen LogP contribution is 2.34. The quantitative estimate of drug-likeness (QED) is 0.333. The third-order valence-electron chi connectivity index (χ3n) is 7.48. The fourth-order valence-electron chi connectivity index (χ4n) is 5.36. The number of carbonyl (C=O) groups is 1. The van der Waals surface area contributed by atoms with Gasteiger partial charge < -0.3 is 15.4 Å². The van der Waals surface area contributed by atoms with Crippen LogP contribution in [0.1, 0.15) is 42.4 Å². The average Bonchev–Trinajstić information content (AvgIpc) is 3.47. The summed E-state index contributed by atoms with van der Waals surface area (Å²) >= 11 is 0. The molecule has 1 amide bonds. The lowest BCUT2D eigenvalue weighted by Gasteiger charge is -2.24. The first-order valence-corrected chi connectivity index (χ1v) is 13.8. The second kappa shape index (κ2) is 12.7. The summed E-state index contributed by atoms with van der Waals surface area (Å²) in [5.41, 5.74) is 5.44. The lowest BCUT2D eigenvalue weighted by Crippen LogP contribution is -2.29. The van der Waals surface area contributed by atoms with E-state index in [4.69, 9.17) is 4.74 Å². The van der Waals surface area contributed by atoms with Crippen LogP contribution in [0.3, 0.4) is 0 Å². The van der Waals surface area contributed by atoms with Gasteiger partial charge in [0.15, 0.2) is 0 Å². The second-order valence-electron chi connectivity index (χ2n) is 10.3. The van der Waals surface area contributed by atoms with Crippen LogP contribution in [0, 0.1) is 17.2 Å². The first kappa shape index (κ1) is 26.6. The minimum absolute atomic E-state index is 0.159. The predicted octanol–water partition coefficient (Wildman–Crippen LogP) is 6.05. The van der Waals surface area contributed by atoms with Crippen molar-refractivity contribution >= 4 is 39.9 Å². The number of piperidine rings is 1. The van der Waals surface area contributed by atoms with Crippen LogP contribution in [0.15, 0.2) is 61.3 Å². The number of hydrogen-bond donors (Lipinski definition) is 2. The largest absolute Gasteiger partial charge is 0.381 e. The number of nitrogens with one attached hydrogen (secondary N) is 2. The Bertz CT molecular complexity index is 1410. The maximum Gasteiger partial charge on any atom is 0.248 e. The van der Waals surface area contributed by atoms with Crippen molar-refractivity contribution in [2.45, 2.75) is 32.1 Å². The van der Waals surface area contributed by atoms with Gasteiger partial charge in [-0.2, -0.15) is 5.26 Å². The van der Waals surface area contributed by atoms with E-state index >= 15 is 0 Å². The number of anilines is 3. The van der Waals surface area contributed by atoms with Gasteiger partial charge in [0.05, 0.1) is 16.8 Å². The summed E-state index contributed by atoms with van der Waals surface area (Å²) in [7, 11) is 0. The third-order valence-corrected chi connectivity index (χ3v) is 7.48. The molecule has 0 bridgehead atoms. The van der Waals surface area contributed by atoms with Gasteiger partial charge in [-0.15, -0.1) is 0 Å². The highest BCUT2D eigenvalue weighted by Gasteiger charge is 2.20. The molecule has 5 rings (SSSR count). The number of benzene rings is 2.